The molecule has 3 nitrogen and oxygen atoms in total. The number of hydrogen-bond acceptors (Lipinski definition) is 3. The Morgan fingerprint density at radius 3 is 3.17 bits per heavy atom. The normalized spacial score (nSPS) is 9.42. The van der Waals surface area contributed by atoms with Crippen molar-refractivity contribution >= 4 is 17.4 Å². The predicted molar refractivity (Wildman–Crippen MR) is 48.2 cm³/mol. The van der Waals surface area contributed by atoms with E-state index in [2.05, 4.69) is 5.32 Å². The average Bonchev–Trinajstić information content (AvgIpc) is 2.53. The molecule has 1 N–H and O–H groups in total. The van der Waals surface area contributed by atoms with Crippen LogP contribution in [0, 0.1) is 0 Å². The lowest BCUT2D eigenvalue weighted by Crippen LogP contribution is -2.23. The summed E-state index contributed by atoms with van der Waals surface area (Å²) in [5.74, 6) is 0. The van der Waals surface area contributed by atoms with E-state index >= 15 is 0 Å². The third-order valence-corrected chi connectivity index (χ3v) is 2.14. The van der Waals surface area contributed by atoms with Crippen LogP contribution in [0.25, 0.3) is 0 Å². The second-order valence-corrected chi connectivity index (χ2v) is 3.19. The van der Waals surface area contributed by atoms with Gasteiger partial charge in [0.15, 0.2) is 0 Å². The van der Waals surface area contributed by atoms with Crippen LogP contribution in [0.3, 0.4) is 0 Å². The van der Waals surface area contributed by atoms with Crippen molar-refractivity contribution in [1.29, 1.82) is 0 Å². The molecule has 0 spiro atoms. The number of alkyl carbamates (subject to hydrolysis) is 1. The first-order valence-corrected chi connectivity index (χ1v) is 4.64. The highest BCUT2D eigenvalue weighted by atomic mass is 32.1. The van der Waals surface area contributed by atoms with Crippen LogP contribution in [0.2, 0.25) is 0 Å². The summed E-state index contributed by atoms with van der Waals surface area (Å²) in [7, 11) is 0. The van der Waals surface area contributed by atoms with E-state index in [1.807, 2.05) is 17.5 Å². The molecule has 0 unspecified atom stereocenters. The highest BCUT2D eigenvalue weighted by molar-refractivity contribution is 7.09. The summed E-state index contributed by atoms with van der Waals surface area (Å²) in [6, 6.07) is 3.92. The maximum atomic E-state index is 10.8. The van der Waals surface area contributed by atoms with Crippen molar-refractivity contribution in [3.05, 3.63) is 22.4 Å². The minimum absolute atomic E-state index is 0.356. The molecule has 1 amide bonds. The fraction of sp³-hybridized carbons (Fsp3) is 0.375. The second kappa shape index (κ2) is 4.77. The molecule has 12 heavy (non-hydrogen) atoms. The minimum Gasteiger partial charge on any atom is -0.450 e. The van der Waals surface area contributed by atoms with E-state index in [4.69, 9.17) is 4.74 Å². The first-order chi connectivity index (χ1) is 5.83. The summed E-state index contributed by atoms with van der Waals surface area (Å²) in [6.45, 7) is 2.75. The van der Waals surface area contributed by atoms with Gasteiger partial charge in [-0.1, -0.05) is 6.07 Å². The minimum atomic E-state index is -0.356. The van der Waals surface area contributed by atoms with Crippen molar-refractivity contribution < 1.29 is 9.53 Å². The third-order valence-electron chi connectivity index (χ3n) is 1.26. The molecule has 0 saturated heterocycles. The van der Waals surface area contributed by atoms with Gasteiger partial charge in [0.05, 0.1) is 13.2 Å². The van der Waals surface area contributed by atoms with E-state index in [0.717, 1.165) is 4.88 Å². The van der Waals surface area contributed by atoms with Gasteiger partial charge >= 0.3 is 6.09 Å². The highest BCUT2D eigenvalue weighted by Gasteiger charge is 1.99. The largest absolute Gasteiger partial charge is 0.450 e. The zero-order valence-electron chi connectivity index (χ0n) is 6.87. The van der Waals surface area contributed by atoms with Crippen LogP contribution in [-0.2, 0) is 11.3 Å². The van der Waals surface area contributed by atoms with Crippen molar-refractivity contribution in [3.8, 4) is 0 Å². The number of nitrogens with one attached hydrogen (secondary N) is 1. The number of rotatable bonds is 3. The van der Waals surface area contributed by atoms with Gasteiger partial charge in [-0.15, -0.1) is 11.3 Å². The molecule has 0 aromatic carbocycles. The molecule has 1 aromatic heterocycles. The van der Waals surface area contributed by atoms with Crippen molar-refractivity contribution in [2.45, 2.75) is 13.5 Å². The molecule has 0 aliphatic rings. The maximum Gasteiger partial charge on any atom is 0.407 e. The van der Waals surface area contributed by atoms with Crippen molar-refractivity contribution in [3.63, 3.8) is 0 Å². The monoisotopic (exact) mass is 185 g/mol. The van der Waals surface area contributed by atoms with Gasteiger partial charge < -0.3 is 10.1 Å². The third kappa shape index (κ3) is 2.92. The van der Waals surface area contributed by atoms with E-state index < -0.39 is 0 Å². The van der Waals surface area contributed by atoms with Crippen molar-refractivity contribution in [1.82, 2.24) is 5.32 Å². The molecule has 1 aromatic rings. The summed E-state index contributed by atoms with van der Waals surface area (Å²) in [5.41, 5.74) is 0. The summed E-state index contributed by atoms with van der Waals surface area (Å²) in [4.78, 5) is 11.9. The molecule has 0 aliphatic carbocycles. The topological polar surface area (TPSA) is 38.3 Å². The molecule has 1 heterocycles. The van der Waals surface area contributed by atoms with E-state index in [9.17, 15) is 4.79 Å². The Balaban J connectivity index is 2.22. The second-order valence-electron chi connectivity index (χ2n) is 2.15. The number of hydrogen-bond donors (Lipinski definition) is 1. The Morgan fingerprint density at radius 2 is 2.58 bits per heavy atom. The number of ether oxygens (including phenoxy) is 1. The number of amides is 1. The smallest absolute Gasteiger partial charge is 0.407 e. The molecular weight excluding hydrogens is 174 g/mol. The van der Waals surface area contributed by atoms with Crippen LogP contribution < -0.4 is 5.32 Å². The van der Waals surface area contributed by atoms with E-state index in [-0.39, 0.29) is 6.09 Å². The van der Waals surface area contributed by atoms with Gasteiger partial charge in [-0.25, -0.2) is 4.79 Å². The Morgan fingerprint density at radius 1 is 1.75 bits per heavy atom. The Bertz CT molecular complexity index is 233. The fourth-order valence-electron chi connectivity index (χ4n) is 0.755. The lowest BCUT2D eigenvalue weighted by molar-refractivity contribution is 0.152. The summed E-state index contributed by atoms with van der Waals surface area (Å²) < 4.78 is 4.69. The SMILES string of the molecule is CCOC(=O)NCc1cccs1. The van der Waals surface area contributed by atoms with Crippen LogP contribution in [0.4, 0.5) is 4.79 Å². The van der Waals surface area contributed by atoms with E-state index in [1.165, 1.54) is 0 Å². The molecular formula is C8H11NO2S. The zero-order valence-corrected chi connectivity index (χ0v) is 7.69. The van der Waals surface area contributed by atoms with E-state index in [1.54, 1.807) is 18.3 Å². The first kappa shape index (κ1) is 9.06. The predicted octanol–water partition coefficient (Wildman–Crippen LogP) is 1.99. The van der Waals surface area contributed by atoms with Crippen LogP contribution in [0.5, 0.6) is 0 Å². The molecule has 0 fully saturated rings. The molecule has 1 rings (SSSR count). The Kier molecular flexibility index (Phi) is 3.60. The van der Waals surface area contributed by atoms with Gasteiger partial charge in [0, 0.05) is 4.88 Å². The number of carbonyl (C=O) groups excluding carboxylic acids is 1. The molecule has 0 aliphatic heterocycles. The Labute approximate surface area is 75.4 Å². The van der Waals surface area contributed by atoms with E-state index in [0.29, 0.717) is 13.2 Å². The lowest BCUT2D eigenvalue weighted by Gasteiger charge is -2.02. The van der Waals surface area contributed by atoms with Crippen LogP contribution in [-0.4, -0.2) is 12.7 Å². The molecule has 0 saturated carbocycles. The van der Waals surface area contributed by atoms with Gasteiger partial charge in [0.25, 0.3) is 0 Å². The van der Waals surface area contributed by atoms with Gasteiger partial charge in [-0.3, -0.25) is 0 Å². The lowest BCUT2D eigenvalue weighted by atomic mass is 10.5. The summed E-state index contributed by atoms with van der Waals surface area (Å²) >= 11 is 1.61. The quantitative estimate of drug-likeness (QED) is 0.782. The fourth-order valence-corrected chi connectivity index (χ4v) is 1.40. The highest BCUT2D eigenvalue weighted by Crippen LogP contribution is 2.07. The Hall–Kier alpha value is -1.03. The standard InChI is InChI=1S/C8H11NO2S/c1-2-11-8(10)9-6-7-4-3-5-12-7/h3-5H,2,6H2,1H3,(H,9,10). The molecule has 66 valence electrons. The van der Waals surface area contributed by atoms with Crippen molar-refractivity contribution in [2.75, 3.05) is 6.61 Å². The number of carbonyl (C=O) groups is 1. The molecule has 4 heteroatoms. The average molecular weight is 185 g/mol. The van der Waals surface area contributed by atoms with Gasteiger partial charge in [-0.2, -0.15) is 0 Å². The zero-order chi connectivity index (χ0) is 8.81. The first-order valence-electron chi connectivity index (χ1n) is 3.76. The summed E-state index contributed by atoms with van der Waals surface area (Å²) in [6.07, 6.45) is -0.356. The van der Waals surface area contributed by atoms with Crippen LogP contribution in [0.15, 0.2) is 17.5 Å². The molecule has 0 atom stereocenters. The van der Waals surface area contributed by atoms with Gasteiger partial charge in [0.2, 0.25) is 0 Å². The van der Waals surface area contributed by atoms with Crippen LogP contribution in [0.1, 0.15) is 11.8 Å². The number of thiophene rings is 1. The molecule has 0 bridgehead atoms. The van der Waals surface area contributed by atoms with Crippen LogP contribution >= 0.6 is 11.3 Å². The summed E-state index contributed by atoms with van der Waals surface area (Å²) in [5, 5.41) is 4.61. The maximum absolute atomic E-state index is 10.8. The van der Waals surface area contributed by atoms with Gasteiger partial charge in [0.1, 0.15) is 0 Å². The van der Waals surface area contributed by atoms with Crippen molar-refractivity contribution in [2.24, 2.45) is 0 Å². The molecule has 0 radical (unpaired) electrons. The van der Waals surface area contributed by atoms with Gasteiger partial charge in [-0.05, 0) is 18.4 Å².